The fourth-order valence-electron chi connectivity index (χ4n) is 3.91. The number of rotatable bonds is 6. The fourth-order valence-corrected chi connectivity index (χ4v) is 3.91. The summed E-state index contributed by atoms with van der Waals surface area (Å²) in [7, 11) is 2.07. The van der Waals surface area contributed by atoms with Crippen LogP contribution >= 0.6 is 0 Å². The Labute approximate surface area is 166 Å². The van der Waals surface area contributed by atoms with Crippen molar-refractivity contribution in [1.82, 2.24) is 9.88 Å². The van der Waals surface area contributed by atoms with Crippen LogP contribution in [0.1, 0.15) is 43.0 Å². The Kier molecular flexibility index (Phi) is 4.92. The first-order chi connectivity index (χ1) is 13.5. The van der Waals surface area contributed by atoms with Gasteiger partial charge in [-0.1, -0.05) is 60.2 Å². The Balaban J connectivity index is 1.62. The van der Waals surface area contributed by atoms with Gasteiger partial charge in [-0.2, -0.15) is 0 Å². The minimum absolute atomic E-state index is 0.331. The van der Waals surface area contributed by atoms with Gasteiger partial charge in [0.2, 0.25) is 5.89 Å². The fraction of sp³-hybridized carbons (Fsp3) is 0.292. The largest absolute Gasteiger partial charge is 0.441 e. The van der Waals surface area contributed by atoms with E-state index in [-0.39, 0.29) is 0 Å². The van der Waals surface area contributed by atoms with Crippen molar-refractivity contribution >= 4 is 0 Å². The molecular weight excluding hydrogens is 348 g/mol. The molecule has 0 amide bonds. The van der Waals surface area contributed by atoms with Gasteiger partial charge in [-0.3, -0.25) is 4.90 Å². The molecule has 0 radical (unpaired) electrons. The third kappa shape index (κ3) is 3.19. The van der Waals surface area contributed by atoms with Gasteiger partial charge in [-0.05, 0) is 38.4 Å². The Bertz CT molecular complexity index is 969. The molecule has 28 heavy (non-hydrogen) atoms. The van der Waals surface area contributed by atoms with Crippen LogP contribution in [0.5, 0.6) is 0 Å². The highest BCUT2D eigenvalue weighted by Crippen LogP contribution is 2.50. The number of hydrogen-bond donors (Lipinski definition) is 1. The Hall–Kier alpha value is -2.69. The maximum atomic E-state index is 11.7. The summed E-state index contributed by atoms with van der Waals surface area (Å²) in [6.07, 6.45) is 4.97. The number of oxazole rings is 1. The van der Waals surface area contributed by atoms with E-state index in [4.69, 9.17) is 4.42 Å². The molecule has 3 aromatic rings. The average Bonchev–Trinajstić information content (AvgIpc) is 3.25. The van der Waals surface area contributed by atoms with Crippen molar-refractivity contribution in [3.8, 4) is 11.1 Å². The van der Waals surface area contributed by atoms with Crippen LogP contribution in [0.25, 0.3) is 11.1 Å². The van der Waals surface area contributed by atoms with Crippen LogP contribution in [-0.2, 0) is 12.1 Å². The molecule has 1 aliphatic carbocycles. The van der Waals surface area contributed by atoms with E-state index >= 15 is 0 Å². The van der Waals surface area contributed by atoms with E-state index in [9.17, 15) is 5.11 Å². The lowest BCUT2D eigenvalue weighted by Crippen LogP contribution is -2.26. The van der Waals surface area contributed by atoms with E-state index in [2.05, 4.69) is 36.9 Å². The first kappa shape index (κ1) is 18.7. The second-order valence-corrected chi connectivity index (χ2v) is 7.74. The lowest BCUT2D eigenvalue weighted by atomic mass is 9.91. The molecule has 0 spiro atoms. The highest BCUT2D eigenvalue weighted by molar-refractivity contribution is 5.81. The van der Waals surface area contributed by atoms with Crippen molar-refractivity contribution in [1.29, 1.82) is 0 Å². The number of benzene rings is 2. The standard InChI is InChI=1S/C24H26N2O2/c1-17(2)9-8-14-26(3)16-18-15-25-23(28-18)24(27)21-12-6-4-10-19(21)20-11-5-7-13-22(20)24/h4-7,9-13,15,27H,8,14,16H2,1-3H3. The molecule has 4 nitrogen and oxygen atoms in total. The van der Waals surface area contributed by atoms with Gasteiger partial charge >= 0.3 is 0 Å². The minimum Gasteiger partial charge on any atom is -0.441 e. The molecule has 0 fully saturated rings. The lowest BCUT2D eigenvalue weighted by Gasteiger charge is -2.22. The maximum absolute atomic E-state index is 11.7. The number of aliphatic hydroxyl groups is 1. The van der Waals surface area contributed by atoms with E-state index in [0.717, 1.165) is 41.0 Å². The summed E-state index contributed by atoms with van der Waals surface area (Å²) in [6, 6.07) is 15.8. The minimum atomic E-state index is -1.36. The number of hydrogen-bond acceptors (Lipinski definition) is 4. The number of fused-ring (bicyclic) bond motifs is 3. The van der Waals surface area contributed by atoms with Crippen LogP contribution in [0.15, 0.2) is 70.8 Å². The molecule has 1 heterocycles. The predicted molar refractivity (Wildman–Crippen MR) is 111 cm³/mol. The SMILES string of the molecule is CC(C)=CCCN(C)Cc1cnc(C2(O)c3ccccc3-c3ccccc32)o1. The summed E-state index contributed by atoms with van der Waals surface area (Å²) in [5, 5.41) is 11.7. The van der Waals surface area contributed by atoms with Crippen LogP contribution in [0.4, 0.5) is 0 Å². The lowest BCUT2D eigenvalue weighted by molar-refractivity contribution is 0.0945. The Morgan fingerprint density at radius 3 is 2.29 bits per heavy atom. The molecule has 0 saturated heterocycles. The van der Waals surface area contributed by atoms with Crippen LogP contribution in [0.2, 0.25) is 0 Å². The quantitative estimate of drug-likeness (QED) is 0.634. The average molecular weight is 374 g/mol. The molecule has 4 heteroatoms. The van der Waals surface area contributed by atoms with Gasteiger partial charge in [-0.15, -0.1) is 0 Å². The van der Waals surface area contributed by atoms with Crippen molar-refractivity contribution in [3.05, 3.63) is 89.2 Å². The monoisotopic (exact) mass is 374 g/mol. The van der Waals surface area contributed by atoms with Gasteiger partial charge in [-0.25, -0.2) is 4.98 Å². The number of aromatic nitrogens is 1. The van der Waals surface area contributed by atoms with Gasteiger partial charge in [0, 0.05) is 17.7 Å². The predicted octanol–water partition coefficient (Wildman–Crippen LogP) is 4.73. The molecule has 0 saturated carbocycles. The van der Waals surface area contributed by atoms with Crippen LogP contribution in [-0.4, -0.2) is 28.6 Å². The summed E-state index contributed by atoms with van der Waals surface area (Å²) in [5.74, 6) is 1.09. The van der Waals surface area contributed by atoms with Crippen molar-refractivity contribution in [2.24, 2.45) is 0 Å². The molecule has 4 rings (SSSR count). The van der Waals surface area contributed by atoms with Crippen molar-refractivity contribution in [2.75, 3.05) is 13.6 Å². The molecule has 0 atom stereocenters. The van der Waals surface area contributed by atoms with E-state index in [0.29, 0.717) is 12.4 Å². The van der Waals surface area contributed by atoms with E-state index < -0.39 is 5.60 Å². The maximum Gasteiger partial charge on any atom is 0.236 e. The molecule has 1 N–H and O–H groups in total. The topological polar surface area (TPSA) is 49.5 Å². The third-order valence-electron chi connectivity index (χ3n) is 5.28. The molecular formula is C24H26N2O2. The zero-order valence-electron chi connectivity index (χ0n) is 16.6. The summed E-state index contributed by atoms with van der Waals surface area (Å²) in [5.41, 5.74) is 3.67. The van der Waals surface area contributed by atoms with Gasteiger partial charge in [0.25, 0.3) is 0 Å². The van der Waals surface area contributed by atoms with Crippen LogP contribution in [0, 0.1) is 0 Å². The highest BCUT2D eigenvalue weighted by atomic mass is 16.4. The highest BCUT2D eigenvalue weighted by Gasteiger charge is 2.46. The first-order valence-corrected chi connectivity index (χ1v) is 9.69. The summed E-state index contributed by atoms with van der Waals surface area (Å²) < 4.78 is 6.06. The van der Waals surface area contributed by atoms with E-state index in [1.54, 1.807) is 6.20 Å². The Morgan fingerprint density at radius 1 is 1.07 bits per heavy atom. The van der Waals surface area contributed by atoms with Crippen LogP contribution < -0.4 is 0 Å². The van der Waals surface area contributed by atoms with Gasteiger partial charge in [0.15, 0.2) is 5.60 Å². The smallest absolute Gasteiger partial charge is 0.236 e. The van der Waals surface area contributed by atoms with Crippen molar-refractivity contribution < 1.29 is 9.52 Å². The first-order valence-electron chi connectivity index (χ1n) is 9.69. The van der Waals surface area contributed by atoms with E-state index in [1.807, 2.05) is 48.5 Å². The molecule has 2 aromatic carbocycles. The zero-order valence-corrected chi connectivity index (χ0v) is 16.6. The summed E-state index contributed by atoms with van der Waals surface area (Å²) in [6.45, 7) is 5.82. The zero-order chi connectivity index (χ0) is 19.7. The third-order valence-corrected chi connectivity index (χ3v) is 5.28. The second-order valence-electron chi connectivity index (χ2n) is 7.74. The van der Waals surface area contributed by atoms with Crippen molar-refractivity contribution in [3.63, 3.8) is 0 Å². The number of allylic oxidation sites excluding steroid dienone is 1. The molecule has 1 aromatic heterocycles. The summed E-state index contributed by atoms with van der Waals surface area (Å²) in [4.78, 5) is 6.67. The van der Waals surface area contributed by atoms with Crippen LogP contribution in [0.3, 0.4) is 0 Å². The second kappa shape index (κ2) is 7.38. The van der Waals surface area contributed by atoms with E-state index in [1.165, 1.54) is 5.57 Å². The molecule has 0 bridgehead atoms. The number of nitrogens with zero attached hydrogens (tertiary/aromatic N) is 2. The van der Waals surface area contributed by atoms with Gasteiger partial charge in [0.05, 0.1) is 12.7 Å². The normalized spacial score (nSPS) is 14.0. The van der Waals surface area contributed by atoms with Crippen molar-refractivity contribution in [2.45, 2.75) is 32.4 Å². The summed E-state index contributed by atoms with van der Waals surface area (Å²) >= 11 is 0. The molecule has 0 aliphatic heterocycles. The van der Waals surface area contributed by atoms with Gasteiger partial charge in [0.1, 0.15) is 5.76 Å². The Morgan fingerprint density at radius 2 is 1.68 bits per heavy atom. The molecule has 144 valence electrons. The van der Waals surface area contributed by atoms with Gasteiger partial charge < -0.3 is 9.52 Å². The molecule has 1 aliphatic rings. The molecule has 0 unspecified atom stereocenters.